The van der Waals surface area contributed by atoms with Crippen molar-refractivity contribution in [3.63, 3.8) is 0 Å². The Kier molecular flexibility index (Phi) is 1.52. The summed E-state index contributed by atoms with van der Waals surface area (Å²) in [7, 11) is 0. The fourth-order valence-corrected chi connectivity index (χ4v) is 1.41. The Morgan fingerprint density at radius 3 is 3.08 bits per heavy atom. The summed E-state index contributed by atoms with van der Waals surface area (Å²) in [5.41, 5.74) is 2.24. The average Bonchev–Trinajstić information content (AvgIpc) is 2.52. The number of aromatic amines is 1. The van der Waals surface area contributed by atoms with Gasteiger partial charge in [0.25, 0.3) is 0 Å². The molecular formula is C8H5N3S. The quantitative estimate of drug-likeness (QED) is 0.599. The molecule has 0 spiro atoms. The van der Waals surface area contributed by atoms with E-state index in [1.54, 1.807) is 18.5 Å². The number of hydrogen-bond donors (Lipinski definition) is 2. The topological polar surface area (TPSA) is 52.5 Å². The van der Waals surface area contributed by atoms with Crippen molar-refractivity contribution in [2.75, 3.05) is 0 Å². The zero-order chi connectivity index (χ0) is 8.55. The van der Waals surface area contributed by atoms with Crippen molar-refractivity contribution in [2.45, 2.75) is 4.90 Å². The van der Waals surface area contributed by atoms with Gasteiger partial charge in [-0.2, -0.15) is 5.26 Å². The molecule has 0 unspecified atom stereocenters. The van der Waals surface area contributed by atoms with E-state index in [4.69, 9.17) is 5.26 Å². The first-order valence-electron chi connectivity index (χ1n) is 3.37. The van der Waals surface area contributed by atoms with E-state index < -0.39 is 0 Å². The summed E-state index contributed by atoms with van der Waals surface area (Å²) in [6, 6.07) is 5.51. The van der Waals surface area contributed by atoms with E-state index in [1.807, 2.05) is 0 Å². The van der Waals surface area contributed by atoms with Crippen LogP contribution in [-0.4, -0.2) is 9.97 Å². The minimum Gasteiger partial charge on any atom is -0.345 e. The molecule has 0 aliphatic rings. The van der Waals surface area contributed by atoms with Crippen molar-refractivity contribution in [2.24, 2.45) is 0 Å². The summed E-state index contributed by atoms with van der Waals surface area (Å²) in [5.74, 6) is 0. The van der Waals surface area contributed by atoms with Crippen LogP contribution in [0.5, 0.6) is 0 Å². The average molecular weight is 175 g/mol. The van der Waals surface area contributed by atoms with Crippen LogP contribution in [0, 0.1) is 11.3 Å². The van der Waals surface area contributed by atoms with Crippen LogP contribution in [0.15, 0.2) is 23.4 Å². The number of thiol groups is 1. The lowest BCUT2D eigenvalue weighted by molar-refractivity contribution is 1.33. The van der Waals surface area contributed by atoms with E-state index in [2.05, 4.69) is 28.7 Å². The molecule has 3 nitrogen and oxygen atoms in total. The van der Waals surface area contributed by atoms with Gasteiger partial charge in [-0.3, -0.25) is 0 Å². The van der Waals surface area contributed by atoms with Gasteiger partial charge in [-0.1, -0.05) is 0 Å². The predicted molar refractivity (Wildman–Crippen MR) is 48.1 cm³/mol. The number of rotatable bonds is 0. The summed E-state index contributed by atoms with van der Waals surface area (Å²) in [6.45, 7) is 0. The molecule has 0 bridgehead atoms. The Labute approximate surface area is 74.5 Å². The molecule has 0 saturated carbocycles. The van der Waals surface area contributed by atoms with Crippen molar-refractivity contribution in [3.05, 3.63) is 24.0 Å². The second kappa shape index (κ2) is 2.54. The molecule has 4 heteroatoms. The van der Waals surface area contributed by atoms with Gasteiger partial charge in [0.1, 0.15) is 5.52 Å². The van der Waals surface area contributed by atoms with Crippen LogP contribution in [0.1, 0.15) is 5.56 Å². The molecule has 1 aromatic carbocycles. The first-order chi connectivity index (χ1) is 5.81. The molecule has 58 valence electrons. The maximum Gasteiger partial charge on any atom is 0.102 e. The van der Waals surface area contributed by atoms with Gasteiger partial charge in [-0.25, -0.2) is 4.98 Å². The minimum absolute atomic E-state index is 0.594. The van der Waals surface area contributed by atoms with Crippen LogP contribution in [0.2, 0.25) is 0 Å². The molecule has 0 aliphatic carbocycles. The lowest BCUT2D eigenvalue weighted by Gasteiger charge is -1.93. The Morgan fingerprint density at radius 1 is 1.50 bits per heavy atom. The largest absolute Gasteiger partial charge is 0.345 e. The molecule has 0 fully saturated rings. The highest BCUT2D eigenvalue weighted by atomic mass is 32.1. The maximum atomic E-state index is 8.64. The SMILES string of the molecule is N#Cc1cc(S)c2nc[nH]c2c1. The molecule has 1 N–H and O–H groups in total. The van der Waals surface area contributed by atoms with Gasteiger partial charge in [0, 0.05) is 4.90 Å². The standard InChI is InChI=1S/C8H5N3S/c9-3-5-1-6-8(7(12)2-5)11-4-10-6/h1-2,4,12H,(H,10,11). The molecule has 0 atom stereocenters. The van der Waals surface area contributed by atoms with Crippen molar-refractivity contribution in [3.8, 4) is 6.07 Å². The van der Waals surface area contributed by atoms with E-state index in [-0.39, 0.29) is 0 Å². The van der Waals surface area contributed by atoms with Crippen LogP contribution in [0.3, 0.4) is 0 Å². The molecule has 12 heavy (non-hydrogen) atoms. The van der Waals surface area contributed by atoms with Crippen molar-refractivity contribution in [1.82, 2.24) is 9.97 Å². The predicted octanol–water partition coefficient (Wildman–Crippen LogP) is 1.72. The monoisotopic (exact) mass is 175 g/mol. The molecule has 0 aliphatic heterocycles. The number of nitriles is 1. The summed E-state index contributed by atoms with van der Waals surface area (Å²) in [5, 5.41) is 8.64. The van der Waals surface area contributed by atoms with Crippen LogP contribution in [0.4, 0.5) is 0 Å². The highest BCUT2D eigenvalue weighted by Gasteiger charge is 2.02. The van der Waals surface area contributed by atoms with Crippen LogP contribution in [0.25, 0.3) is 11.0 Å². The zero-order valence-corrected chi connectivity index (χ0v) is 6.97. The molecule has 0 radical (unpaired) electrons. The summed E-state index contributed by atoms with van der Waals surface area (Å²) in [4.78, 5) is 7.70. The minimum atomic E-state index is 0.594. The Morgan fingerprint density at radius 2 is 2.33 bits per heavy atom. The van der Waals surface area contributed by atoms with E-state index in [9.17, 15) is 0 Å². The number of fused-ring (bicyclic) bond motifs is 1. The van der Waals surface area contributed by atoms with E-state index >= 15 is 0 Å². The Balaban J connectivity index is 2.86. The maximum absolute atomic E-state index is 8.64. The number of imidazole rings is 1. The van der Waals surface area contributed by atoms with E-state index in [1.165, 1.54) is 0 Å². The summed E-state index contributed by atoms with van der Waals surface area (Å²) >= 11 is 4.21. The van der Waals surface area contributed by atoms with Crippen molar-refractivity contribution >= 4 is 23.7 Å². The normalized spacial score (nSPS) is 10.0. The molecule has 0 saturated heterocycles. The molecule has 0 amide bonds. The third-order valence-corrected chi connectivity index (χ3v) is 1.97. The van der Waals surface area contributed by atoms with Crippen LogP contribution in [-0.2, 0) is 0 Å². The number of nitrogens with one attached hydrogen (secondary N) is 1. The fraction of sp³-hybridized carbons (Fsp3) is 0. The second-order valence-corrected chi connectivity index (χ2v) is 2.89. The highest BCUT2D eigenvalue weighted by Crippen LogP contribution is 2.20. The highest BCUT2D eigenvalue weighted by molar-refractivity contribution is 7.80. The zero-order valence-electron chi connectivity index (χ0n) is 6.07. The Hall–Kier alpha value is -1.47. The van der Waals surface area contributed by atoms with Gasteiger partial charge in [0.05, 0.1) is 23.5 Å². The van der Waals surface area contributed by atoms with Gasteiger partial charge in [0.15, 0.2) is 0 Å². The van der Waals surface area contributed by atoms with Crippen molar-refractivity contribution < 1.29 is 0 Å². The molecule has 2 aromatic rings. The lowest BCUT2D eigenvalue weighted by Crippen LogP contribution is -1.77. The summed E-state index contributed by atoms with van der Waals surface area (Å²) < 4.78 is 0. The third-order valence-electron chi connectivity index (χ3n) is 1.63. The molecule has 1 heterocycles. The van der Waals surface area contributed by atoms with Crippen LogP contribution >= 0.6 is 12.6 Å². The van der Waals surface area contributed by atoms with Gasteiger partial charge in [0.2, 0.25) is 0 Å². The van der Waals surface area contributed by atoms with Gasteiger partial charge >= 0.3 is 0 Å². The third kappa shape index (κ3) is 0.953. The number of nitrogens with zero attached hydrogens (tertiary/aromatic N) is 2. The second-order valence-electron chi connectivity index (χ2n) is 2.41. The van der Waals surface area contributed by atoms with Gasteiger partial charge < -0.3 is 4.98 Å². The smallest absolute Gasteiger partial charge is 0.102 e. The molecular weight excluding hydrogens is 170 g/mol. The number of H-pyrrole nitrogens is 1. The first kappa shape index (κ1) is 7.19. The van der Waals surface area contributed by atoms with E-state index in [0.717, 1.165) is 15.9 Å². The molecule has 2 rings (SSSR count). The van der Waals surface area contributed by atoms with Gasteiger partial charge in [-0.05, 0) is 12.1 Å². The first-order valence-corrected chi connectivity index (χ1v) is 3.82. The summed E-state index contributed by atoms with van der Waals surface area (Å²) in [6.07, 6.45) is 1.59. The van der Waals surface area contributed by atoms with Crippen LogP contribution < -0.4 is 0 Å². The van der Waals surface area contributed by atoms with E-state index in [0.29, 0.717) is 5.56 Å². The Bertz CT molecular complexity index is 467. The lowest BCUT2D eigenvalue weighted by atomic mass is 10.2. The number of hydrogen-bond acceptors (Lipinski definition) is 3. The molecule has 1 aromatic heterocycles. The fourth-order valence-electron chi connectivity index (χ4n) is 1.10. The number of aromatic nitrogens is 2. The number of benzene rings is 1. The van der Waals surface area contributed by atoms with Crippen molar-refractivity contribution in [1.29, 1.82) is 5.26 Å². The van der Waals surface area contributed by atoms with Gasteiger partial charge in [-0.15, -0.1) is 12.6 Å².